The Bertz CT molecular complexity index is 507. The quantitative estimate of drug-likeness (QED) is 0.837. The lowest BCUT2D eigenvalue weighted by Gasteiger charge is -2.09. The number of rotatable bonds is 3. The van der Waals surface area contributed by atoms with Crippen LogP contribution in [0.5, 0.6) is 0 Å². The third-order valence-corrected chi connectivity index (χ3v) is 2.56. The Hall–Kier alpha value is -2.17. The van der Waals surface area contributed by atoms with E-state index in [9.17, 15) is 0 Å². The molecule has 0 saturated carbocycles. The highest BCUT2D eigenvalue weighted by molar-refractivity contribution is 5.53. The standard InChI is InChI=1S/C12H15N5/c1-8-3-4-10(5-14-8)6-15-12-9(2)11(13)16-7-17-12/h3-5,7H,6H2,1-2H3,(H3,13,15,16,17). The molecular weight excluding hydrogens is 214 g/mol. The summed E-state index contributed by atoms with van der Waals surface area (Å²) in [5, 5.41) is 3.22. The number of nitrogens with zero attached hydrogens (tertiary/aromatic N) is 3. The second-order valence-electron chi connectivity index (χ2n) is 3.89. The molecule has 5 nitrogen and oxygen atoms in total. The van der Waals surface area contributed by atoms with Crippen molar-refractivity contribution in [1.82, 2.24) is 15.0 Å². The average molecular weight is 229 g/mol. The molecule has 0 aliphatic rings. The van der Waals surface area contributed by atoms with Crippen LogP contribution in [0.25, 0.3) is 0 Å². The minimum Gasteiger partial charge on any atom is -0.383 e. The van der Waals surface area contributed by atoms with Gasteiger partial charge in [-0.2, -0.15) is 0 Å². The molecule has 2 heterocycles. The van der Waals surface area contributed by atoms with E-state index in [-0.39, 0.29) is 0 Å². The number of nitrogens with one attached hydrogen (secondary N) is 1. The molecule has 2 aromatic heterocycles. The van der Waals surface area contributed by atoms with Gasteiger partial charge >= 0.3 is 0 Å². The van der Waals surface area contributed by atoms with Crippen LogP contribution in [-0.4, -0.2) is 15.0 Å². The monoisotopic (exact) mass is 229 g/mol. The van der Waals surface area contributed by atoms with Crippen molar-refractivity contribution in [3.8, 4) is 0 Å². The van der Waals surface area contributed by atoms with Gasteiger partial charge in [-0.15, -0.1) is 0 Å². The molecule has 0 fully saturated rings. The highest BCUT2D eigenvalue weighted by Gasteiger charge is 2.03. The molecule has 0 unspecified atom stereocenters. The van der Waals surface area contributed by atoms with Gasteiger partial charge in [-0.3, -0.25) is 4.98 Å². The van der Waals surface area contributed by atoms with E-state index in [1.54, 1.807) is 0 Å². The van der Waals surface area contributed by atoms with Gasteiger partial charge < -0.3 is 11.1 Å². The highest BCUT2D eigenvalue weighted by atomic mass is 15.0. The number of nitrogen functional groups attached to an aromatic ring is 1. The zero-order chi connectivity index (χ0) is 12.3. The molecule has 0 aliphatic carbocycles. The molecule has 0 bridgehead atoms. The summed E-state index contributed by atoms with van der Waals surface area (Å²) in [7, 11) is 0. The van der Waals surface area contributed by atoms with Gasteiger partial charge in [0.05, 0.1) is 0 Å². The molecule has 0 spiro atoms. The Morgan fingerprint density at radius 3 is 2.71 bits per heavy atom. The Labute approximate surface area is 100 Å². The van der Waals surface area contributed by atoms with E-state index in [1.807, 2.05) is 32.2 Å². The molecule has 2 rings (SSSR count). The van der Waals surface area contributed by atoms with Crippen LogP contribution >= 0.6 is 0 Å². The van der Waals surface area contributed by atoms with Gasteiger partial charge in [0.2, 0.25) is 0 Å². The van der Waals surface area contributed by atoms with E-state index in [0.717, 1.165) is 22.6 Å². The Morgan fingerprint density at radius 1 is 1.18 bits per heavy atom. The van der Waals surface area contributed by atoms with E-state index in [2.05, 4.69) is 20.3 Å². The summed E-state index contributed by atoms with van der Waals surface area (Å²) in [5.41, 5.74) is 8.69. The SMILES string of the molecule is Cc1ccc(CNc2ncnc(N)c2C)cn1. The predicted molar refractivity (Wildman–Crippen MR) is 67.5 cm³/mol. The van der Waals surface area contributed by atoms with E-state index in [0.29, 0.717) is 12.4 Å². The average Bonchev–Trinajstić information content (AvgIpc) is 2.33. The topological polar surface area (TPSA) is 76.7 Å². The van der Waals surface area contributed by atoms with Gasteiger partial charge in [0.15, 0.2) is 0 Å². The molecule has 17 heavy (non-hydrogen) atoms. The third kappa shape index (κ3) is 2.69. The summed E-state index contributed by atoms with van der Waals surface area (Å²) in [6, 6.07) is 4.02. The number of aryl methyl sites for hydroxylation is 1. The van der Waals surface area contributed by atoms with E-state index >= 15 is 0 Å². The number of hydrogen-bond donors (Lipinski definition) is 2. The smallest absolute Gasteiger partial charge is 0.134 e. The number of anilines is 2. The van der Waals surface area contributed by atoms with Crippen molar-refractivity contribution in [2.45, 2.75) is 20.4 Å². The van der Waals surface area contributed by atoms with Gasteiger partial charge in [-0.05, 0) is 25.5 Å². The molecule has 88 valence electrons. The Morgan fingerprint density at radius 2 is 2.00 bits per heavy atom. The fourth-order valence-electron chi connectivity index (χ4n) is 1.43. The van der Waals surface area contributed by atoms with Crippen molar-refractivity contribution >= 4 is 11.6 Å². The van der Waals surface area contributed by atoms with Gasteiger partial charge in [0, 0.05) is 24.0 Å². The Kier molecular flexibility index (Phi) is 3.18. The van der Waals surface area contributed by atoms with Crippen LogP contribution in [0.4, 0.5) is 11.6 Å². The first-order valence-corrected chi connectivity index (χ1v) is 5.39. The lowest BCUT2D eigenvalue weighted by atomic mass is 10.2. The molecule has 0 radical (unpaired) electrons. The maximum absolute atomic E-state index is 5.71. The second kappa shape index (κ2) is 4.78. The van der Waals surface area contributed by atoms with Gasteiger partial charge in [-0.1, -0.05) is 6.07 Å². The maximum Gasteiger partial charge on any atom is 0.134 e. The molecule has 0 amide bonds. The summed E-state index contributed by atoms with van der Waals surface area (Å²) in [6.07, 6.45) is 3.31. The molecule has 0 aliphatic heterocycles. The predicted octanol–water partition coefficient (Wildman–Crippen LogP) is 1.68. The summed E-state index contributed by atoms with van der Waals surface area (Å²) in [5.74, 6) is 1.27. The van der Waals surface area contributed by atoms with Crippen molar-refractivity contribution in [1.29, 1.82) is 0 Å². The van der Waals surface area contributed by atoms with Crippen LogP contribution in [0.2, 0.25) is 0 Å². The van der Waals surface area contributed by atoms with Crippen molar-refractivity contribution in [3.05, 3.63) is 41.5 Å². The number of pyridine rings is 1. The van der Waals surface area contributed by atoms with Crippen LogP contribution < -0.4 is 11.1 Å². The fraction of sp³-hybridized carbons (Fsp3) is 0.250. The summed E-state index contributed by atoms with van der Waals surface area (Å²) in [6.45, 7) is 4.53. The lowest BCUT2D eigenvalue weighted by Crippen LogP contribution is -2.06. The summed E-state index contributed by atoms with van der Waals surface area (Å²) >= 11 is 0. The van der Waals surface area contributed by atoms with Crippen LogP contribution in [0.1, 0.15) is 16.8 Å². The first kappa shape index (κ1) is 11.3. The molecule has 0 atom stereocenters. The maximum atomic E-state index is 5.71. The summed E-state index contributed by atoms with van der Waals surface area (Å²) < 4.78 is 0. The largest absolute Gasteiger partial charge is 0.383 e. The van der Waals surface area contributed by atoms with Crippen LogP contribution in [-0.2, 0) is 6.54 Å². The van der Waals surface area contributed by atoms with Gasteiger partial charge in [0.25, 0.3) is 0 Å². The molecule has 0 aromatic carbocycles. The molecular formula is C12H15N5. The van der Waals surface area contributed by atoms with Gasteiger partial charge in [0.1, 0.15) is 18.0 Å². The third-order valence-electron chi connectivity index (χ3n) is 2.56. The fourth-order valence-corrected chi connectivity index (χ4v) is 1.43. The first-order valence-electron chi connectivity index (χ1n) is 5.39. The zero-order valence-electron chi connectivity index (χ0n) is 9.94. The normalized spacial score (nSPS) is 10.2. The second-order valence-corrected chi connectivity index (χ2v) is 3.89. The number of hydrogen-bond acceptors (Lipinski definition) is 5. The molecule has 0 saturated heterocycles. The number of aromatic nitrogens is 3. The minimum absolute atomic E-state index is 0.504. The zero-order valence-corrected chi connectivity index (χ0v) is 9.94. The van der Waals surface area contributed by atoms with Crippen LogP contribution in [0.3, 0.4) is 0 Å². The molecule has 2 aromatic rings. The highest BCUT2D eigenvalue weighted by Crippen LogP contribution is 2.15. The first-order chi connectivity index (χ1) is 8.16. The van der Waals surface area contributed by atoms with Crippen molar-refractivity contribution in [3.63, 3.8) is 0 Å². The summed E-state index contributed by atoms with van der Waals surface area (Å²) in [4.78, 5) is 12.3. The Balaban J connectivity index is 2.07. The van der Waals surface area contributed by atoms with E-state index in [1.165, 1.54) is 6.33 Å². The van der Waals surface area contributed by atoms with Crippen LogP contribution in [0.15, 0.2) is 24.7 Å². The lowest BCUT2D eigenvalue weighted by molar-refractivity contribution is 1.04. The van der Waals surface area contributed by atoms with E-state index < -0.39 is 0 Å². The van der Waals surface area contributed by atoms with Crippen LogP contribution in [0, 0.1) is 13.8 Å². The molecule has 5 heteroatoms. The van der Waals surface area contributed by atoms with Gasteiger partial charge in [-0.25, -0.2) is 9.97 Å². The molecule has 3 N–H and O–H groups in total. The van der Waals surface area contributed by atoms with Crippen molar-refractivity contribution < 1.29 is 0 Å². The van der Waals surface area contributed by atoms with E-state index in [4.69, 9.17) is 5.73 Å². The van der Waals surface area contributed by atoms with Crippen molar-refractivity contribution in [2.75, 3.05) is 11.1 Å². The van der Waals surface area contributed by atoms with Crippen molar-refractivity contribution in [2.24, 2.45) is 0 Å². The number of nitrogens with two attached hydrogens (primary N) is 1. The minimum atomic E-state index is 0.504.